The molecule has 0 amide bonds. The Morgan fingerprint density at radius 1 is 1.38 bits per heavy atom. The average Bonchev–Trinajstić information content (AvgIpc) is 2.26. The standard InChI is InChI=1S/C13H25NO2/c1-10(12(14)9-13(15)16)7-8-11-5-3-2-4-6-11/h10-12H,2-9,14H2,1H3,(H,15,16)/t10-,12-/m1/s1. The number of carboxylic acids is 1. The first-order valence-electron chi connectivity index (χ1n) is 6.57. The van der Waals surface area contributed by atoms with Crippen LogP contribution in [-0.4, -0.2) is 17.1 Å². The first-order chi connectivity index (χ1) is 7.59. The molecule has 0 radical (unpaired) electrons. The normalized spacial score (nSPS) is 21.6. The molecule has 0 aromatic rings. The number of carbonyl (C=O) groups is 1. The molecule has 0 saturated heterocycles. The van der Waals surface area contributed by atoms with E-state index in [0.717, 1.165) is 12.3 Å². The van der Waals surface area contributed by atoms with E-state index in [2.05, 4.69) is 6.92 Å². The quantitative estimate of drug-likeness (QED) is 0.733. The van der Waals surface area contributed by atoms with Crippen molar-refractivity contribution in [3.8, 4) is 0 Å². The van der Waals surface area contributed by atoms with E-state index in [9.17, 15) is 4.79 Å². The van der Waals surface area contributed by atoms with E-state index in [1.165, 1.54) is 38.5 Å². The minimum atomic E-state index is -0.781. The van der Waals surface area contributed by atoms with Gasteiger partial charge in [0, 0.05) is 6.04 Å². The Balaban J connectivity index is 2.17. The second-order valence-electron chi connectivity index (χ2n) is 5.32. The van der Waals surface area contributed by atoms with Crippen LogP contribution in [0.25, 0.3) is 0 Å². The smallest absolute Gasteiger partial charge is 0.304 e. The van der Waals surface area contributed by atoms with Gasteiger partial charge < -0.3 is 10.8 Å². The zero-order valence-electron chi connectivity index (χ0n) is 10.3. The van der Waals surface area contributed by atoms with Crippen molar-refractivity contribution in [2.45, 2.75) is 64.3 Å². The highest BCUT2D eigenvalue weighted by Gasteiger charge is 2.19. The van der Waals surface area contributed by atoms with E-state index < -0.39 is 5.97 Å². The summed E-state index contributed by atoms with van der Waals surface area (Å²) in [6.45, 7) is 2.08. The zero-order valence-corrected chi connectivity index (χ0v) is 10.3. The molecular weight excluding hydrogens is 202 g/mol. The molecule has 0 spiro atoms. The first kappa shape index (κ1) is 13.5. The lowest BCUT2D eigenvalue weighted by atomic mass is 9.83. The van der Waals surface area contributed by atoms with Crippen molar-refractivity contribution in [1.82, 2.24) is 0 Å². The van der Waals surface area contributed by atoms with Crippen LogP contribution in [0.2, 0.25) is 0 Å². The molecule has 1 rings (SSSR count). The molecule has 3 heteroatoms. The number of rotatable bonds is 6. The van der Waals surface area contributed by atoms with Crippen molar-refractivity contribution in [2.75, 3.05) is 0 Å². The maximum Gasteiger partial charge on any atom is 0.304 e. The summed E-state index contributed by atoms with van der Waals surface area (Å²) in [5.74, 6) is 0.420. The molecule has 94 valence electrons. The van der Waals surface area contributed by atoms with Crippen LogP contribution >= 0.6 is 0 Å². The number of aliphatic carboxylic acids is 1. The lowest BCUT2D eigenvalue weighted by Gasteiger charge is -2.24. The van der Waals surface area contributed by atoms with E-state index in [0.29, 0.717) is 5.92 Å². The van der Waals surface area contributed by atoms with Gasteiger partial charge in [-0.25, -0.2) is 0 Å². The number of hydrogen-bond donors (Lipinski definition) is 2. The third kappa shape index (κ3) is 4.97. The molecule has 1 aliphatic rings. The van der Waals surface area contributed by atoms with Gasteiger partial charge in [-0.2, -0.15) is 0 Å². The van der Waals surface area contributed by atoms with E-state index >= 15 is 0 Å². The summed E-state index contributed by atoms with van der Waals surface area (Å²) in [7, 11) is 0. The predicted molar refractivity (Wildman–Crippen MR) is 65.2 cm³/mol. The summed E-state index contributed by atoms with van der Waals surface area (Å²) in [5, 5.41) is 8.67. The minimum absolute atomic E-state index is 0.103. The van der Waals surface area contributed by atoms with Gasteiger partial charge in [0.25, 0.3) is 0 Å². The van der Waals surface area contributed by atoms with Gasteiger partial charge in [-0.1, -0.05) is 45.4 Å². The fourth-order valence-electron chi connectivity index (χ4n) is 2.59. The zero-order chi connectivity index (χ0) is 12.0. The Morgan fingerprint density at radius 2 is 2.00 bits per heavy atom. The van der Waals surface area contributed by atoms with Crippen LogP contribution in [0, 0.1) is 11.8 Å². The molecule has 1 fully saturated rings. The largest absolute Gasteiger partial charge is 0.481 e. The molecule has 0 aromatic heterocycles. The van der Waals surface area contributed by atoms with Crippen LogP contribution in [0.3, 0.4) is 0 Å². The average molecular weight is 227 g/mol. The summed E-state index contributed by atoms with van der Waals surface area (Å²) in [6.07, 6.45) is 9.28. The Kier molecular flexibility index (Phi) is 5.81. The summed E-state index contributed by atoms with van der Waals surface area (Å²) >= 11 is 0. The van der Waals surface area contributed by atoms with Gasteiger partial charge in [-0.15, -0.1) is 0 Å². The molecule has 2 atom stereocenters. The summed E-state index contributed by atoms with van der Waals surface area (Å²) in [6, 6.07) is -0.180. The van der Waals surface area contributed by atoms with E-state index in [1.807, 2.05) is 0 Å². The van der Waals surface area contributed by atoms with Gasteiger partial charge >= 0.3 is 5.97 Å². The van der Waals surface area contributed by atoms with Gasteiger partial charge in [-0.05, 0) is 18.3 Å². The topological polar surface area (TPSA) is 63.3 Å². The fourth-order valence-corrected chi connectivity index (χ4v) is 2.59. The Hall–Kier alpha value is -0.570. The van der Waals surface area contributed by atoms with Crippen molar-refractivity contribution in [3.05, 3.63) is 0 Å². The van der Waals surface area contributed by atoms with E-state index in [4.69, 9.17) is 10.8 Å². The molecule has 0 aliphatic heterocycles. The van der Waals surface area contributed by atoms with Crippen LogP contribution in [-0.2, 0) is 4.79 Å². The van der Waals surface area contributed by atoms with Crippen molar-refractivity contribution in [2.24, 2.45) is 17.6 Å². The molecule has 0 bridgehead atoms. The second kappa shape index (κ2) is 6.89. The lowest BCUT2D eigenvalue weighted by Crippen LogP contribution is -2.31. The SMILES string of the molecule is C[C@H](CCC1CCCCC1)[C@H](N)CC(=O)O. The Bertz CT molecular complexity index is 212. The minimum Gasteiger partial charge on any atom is -0.481 e. The third-order valence-electron chi connectivity index (χ3n) is 3.90. The van der Waals surface area contributed by atoms with Crippen molar-refractivity contribution in [1.29, 1.82) is 0 Å². The number of nitrogens with two attached hydrogens (primary N) is 1. The second-order valence-corrected chi connectivity index (χ2v) is 5.32. The van der Waals surface area contributed by atoms with Gasteiger partial charge in [0.05, 0.1) is 6.42 Å². The molecule has 0 aromatic carbocycles. The van der Waals surface area contributed by atoms with Crippen LogP contribution in [0.5, 0.6) is 0 Å². The van der Waals surface area contributed by atoms with Gasteiger partial charge in [0.2, 0.25) is 0 Å². The fraction of sp³-hybridized carbons (Fsp3) is 0.923. The lowest BCUT2D eigenvalue weighted by molar-refractivity contribution is -0.137. The summed E-state index contributed by atoms with van der Waals surface area (Å²) in [4.78, 5) is 10.5. The predicted octanol–water partition coefficient (Wildman–Crippen LogP) is 2.79. The van der Waals surface area contributed by atoms with E-state index in [1.54, 1.807) is 0 Å². The number of hydrogen-bond acceptors (Lipinski definition) is 2. The van der Waals surface area contributed by atoms with Crippen LogP contribution in [0.4, 0.5) is 0 Å². The van der Waals surface area contributed by atoms with Crippen molar-refractivity contribution < 1.29 is 9.90 Å². The van der Waals surface area contributed by atoms with Gasteiger partial charge in [-0.3, -0.25) is 4.79 Å². The molecule has 0 unspecified atom stereocenters. The molecule has 1 saturated carbocycles. The summed E-state index contributed by atoms with van der Waals surface area (Å²) in [5.41, 5.74) is 5.85. The molecular formula is C13H25NO2. The van der Waals surface area contributed by atoms with Gasteiger partial charge in [0.1, 0.15) is 0 Å². The Labute approximate surface area is 98.4 Å². The van der Waals surface area contributed by atoms with E-state index in [-0.39, 0.29) is 12.5 Å². The highest BCUT2D eigenvalue weighted by Crippen LogP contribution is 2.29. The molecule has 3 N–H and O–H groups in total. The van der Waals surface area contributed by atoms with Crippen LogP contribution in [0.1, 0.15) is 58.3 Å². The monoisotopic (exact) mass is 227 g/mol. The van der Waals surface area contributed by atoms with Gasteiger partial charge in [0.15, 0.2) is 0 Å². The third-order valence-corrected chi connectivity index (χ3v) is 3.90. The first-order valence-corrected chi connectivity index (χ1v) is 6.57. The molecule has 1 aliphatic carbocycles. The van der Waals surface area contributed by atoms with Crippen LogP contribution in [0.15, 0.2) is 0 Å². The van der Waals surface area contributed by atoms with Crippen LogP contribution < -0.4 is 5.73 Å². The van der Waals surface area contributed by atoms with Crippen molar-refractivity contribution >= 4 is 5.97 Å². The highest BCUT2D eigenvalue weighted by molar-refractivity contribution is 5.67. The van der Waals surface area contributed by atoms with Crippen molar-refractivity contribution in [3.63, 3.8) is 0 Å². The Morgan fingerprint density at radius 3 is 2.56 bits per heavy atom. The maximum atomic E-state index is 10.5. The molecule has 3 nitrogen and oxygen atoms in total. The summed E-state index contributed by atoms with van der Waals surface area (Å²) < 4.78 is 0. The maximum absolute atomic E-state index is 10.5. The molecule has 16 heavy (non-hydrogen) atoms. The molecule has 0 heterocycles. The number of carboxylic acid groups (broad SMARTS) is 1. The highest BCUT2D eigenvalue weighted by atomic mass is 16.4.